The number of non-ortho nitro benzene ring substituents is 1. The Hall–Kier alpha value is -2.29. The summed E-state index contributed by atoms with van der Waals surface area (Å²) in [5, 5.41) is 19.1. The van der Waals surface area contributed by atoms with Gasteiger partial charge in [-0.05, 0) is 22.0 Å². The zero-order valence-corrected chi connectivity index (χ0v) is 10.3. The van der Waals surface area contributed by atoms with Crippen LogP contribution < -0.4 is 5.32 Å². The first-order valence-corrected chi connectivity index (χ1v) is 5.48. The average molecular weight is 312 g/mol. The quantitative estimate of drug-likeness (QED) is 0.661. The first-order valence-electron chi connectivity index (χ1n) is 4.68. The normalized spacial score (nSPS) is 10.1. The number of nitrogens with zero attached hydrogens (tertiary/aromatic N) is 3. The monoisotopic (exact) mass is 311 g/mol. The zero-order chi connectivity index (χ0) is 13.1. The molecule has 1 amide bonds. The van der Waals surface area contributed by atoms with Crippen LogP contribution in [0.1, 0.15) is 10.4 Å². The Labute approximate surface area is 109 Å². The molecule has 92 valence electrons. The topological polar surface area (TPSA) is 114 Å². The van der Waals surface area contributed by atoms with Crippen molar-refractivity contribution in [2.24, 2.45) is 0 Å². The zero-order valence-electron chi connectivity index (χ0n) is 8.75. The lowest BCUT2D eigenvalue weighted by molar-refractivity contribution is -0.384. The number of carbonyl (C=O) groups excluding carboxylic acids is 1. The second-order valence-corrected chi connectivity index (χ2v) is 4.06. The van der Waals surface area contributed by atoms with Crippen LogP contribution >= 0.6 is 15.9 Å². The molecule has 0 unspecified atom stereocenters. The van der Waals surface area contributed by atoms with E-state index in [1.54, 1.807) is 0 Å². The van der Waals surface area contributed by atoms with Gasteiger partial charge in [0.25, 0.3) is 11.6 Å². The van der Waals surface area contributed by atoms with Crippen LogP contribution in [-0.2, 0) is 0 Å². The summed E-state index contributed by atoms with van der Waals surface area (Å²) in [5.74, 6) is -0.360. The Kier molecular flexibility index (Phi) is 3.33. The average Bonchev–Trinajstić information content (AvgIpc) is 2.81. The summed E-state index contributed by atoms with van der Waals surface area (Å²) in [4.78, 5) is 25.6. The van der Waals surface area contributed by atoms with Crippen LogP contribution in [0.5, 0.6) is 0 Å². The summed E-state index contributed by atoms with van der Waals surface area (Å²) in [6, 6.07) is 3.92. The van der Waals surface area contributed by atoms with E-state index >= 15 is 0 Å². The van der Waals surface area contributed by atoms with Crippen LogP contribution in [0.2, 0.25) is 0 Å². The SMILES string of the molecule is O=C(Nc1ncn[nH]1)c1cc([N+](=O)[O-])ccc1Br. The molecule has 2 N–H and O–H groups in total. The third-order valence-corrected chi connectivity index (χ3v) is 2.74. The van der Waals surface area contributed by atoms with E-state index in [1.165, 1.54) is 24.5 Å². The fraction of sp³-hybridized carbons (Fsp3) is 0. The molecule has 2 aromatic rings. The predicted octanol–water partition coefficient (Wildman–Crippen LogP) is 1.73. The third kappa shape index (κ3) is 2.51. The second-order valence-electron chi connectivity index (χ2n) is 3.21. The van der Waals surface area contributed by atoms with Crippen LogP contribution in [0, 0.1) is 10.1 Å². The maximum absolute atomic E-state index is 11.9. The number of aromatic nitrogens is 3. The fourth-order valence-electron chi connectivity index (χ4n) is 1.24. The Morgan fingerprint density at radius 2 is 2.28 bits per heavy atom. The van der Waals surface area contributed by atoms with E-state index in [0.29, 0.717) is 4.47 Å². The summed E-state index contributed by atoms with van der Waals surface area (Å²) in [6.45, 7) is 0. The van der Waals surface area contributed by atoms with Gasteiger partial charge in [-0.15, -0.1) is 0 Å². The Balaban J connectivity index is 2.29. The van der Waals surface area contributed by atoms with E-state index in [0.717, 1.165) is 0 Å². The van der Waals surface area contributed by atoms with Gasteiger partial charge in [-0.2, -0.15) is 10.1 Å². The van der Waals surface area contributed by atoms with E-state index in [2.05, 4.69) is 36.4 Å². The molecular weight excluding hydrogens is 306 g/mol. The molecule has 0 bridgehead atoms. The van der Waals surface area contributed by atoms with Crippen LogP contribution in [-0.4, -0.2) is 26.0 Å². The molecule has 9 heteroatoms. The number of aromatic amines is 1. The number of H-pyrrole nitrogens is 1. The molecule has 0 fully saturated rings. The lowest BCUT2D eigenvalue weighted by Crippen LogP contribution is -2.14. The van der Waals surface area contributed by atoms with Crippen molar-refractivity contribution in [3.63, 3.8) is 0 Å². The molecule has 0 atom stereocenters. The molecular formula is C9H6BrN5O3. The van der Waals surface area contributed by atoms with Crippen molar-refractivity contribution < 1.29 is 9.72 Å². The number of hydrogen-bond donors (Lipinski definition) is 2. The van der Waals surface area contributed by atoms with Crippen molar-refractivity contribution >= 4 is 33.5 Å². The van der Waals surface area contributed by atoms with Gasteiger partial charge in [0, 0.05) is 16.6 Å². The van der Waals surface area contributed by atoms with E-state index < -0.39 is 10.8 Å². The molecule has 0 aliphatic carbocycles. The highest BCUT2D eigenvalue weighted by Crippen LogP contribution is 2.23. The smallest absolute Gasteiger partial charge is 0.270 e. The first kappa shape index (κ1) is 12.2. The highest BCUT2D eigenvalue weighted by Gasteiger charge is 2.16. The van der Waals surface area contributed by atoms with Gasteiger partial charge in [0.15, 0.2) is 0 Å². The maximum atomic E-state index is 11.9. The third-order valence-electron chi connectivity index (χ3n) is 2.05. The Morgan fingerprint density at radius 3 is 2.89 bits per heavy atom. The summed E-state index contributed by atoms with van der Waals surface area (Å²) < 4.78 is 0.449. The lowest BCUT2D eigenvalue weighted by Gasteiger charge is -2.03. The number of nitro groups is 1. The highest BCUT2D eigenvalue weighted by molar-refractivity contribution is 9.10. The van der Waals surface area contributed by atoms with E-state index in [1.807, 2.05) is 0 Å². The van der Waals surface area contributed by atoms with Gasteiger partial charge >= 0.3 is 0 Å². The minimum Gasteiger partial charge on any atom is -0.291 e. The number of amides is 1. The van der Waals surface area contributed by atoms with Crippen molar-refractivity contribution in [2.75, 3.05) is 5.32 Å². The first-order chi connectivity index (χ1) is 8.58. The summed E-state index contributed by atoms with van der Waals surface area (Å²) >= 11 is 3.15. The molecule has 0 aliphatic rings. The van der Waals surface area contributed by atoms with Crippen LogP contribution in [0.4, 0.5) is 11.6 Å². The molecule has 1 aromatic carbocycles. The molecule has 0 saturated heterocycles. The van der Waals surface area contributed by atoms with Gasteiger partial charge in [0.1, 0.15) is 6.33 Å². The minimum absolute atomic E-state index is 0.139. The van der Waals surface area contributed by atoms with Gasteiger partial charge in [0.2, 0.25) is 5.95 Å². The number of benzene rings is 1. The minimum atomic E-state index is -0.572. The van der Waals surface area contributed by atoms with Crippen molar-refractivity contribution in [1.82, 2.24) is 15.2 Å². The number of nitro benzene ring substituents is 1. The van der Waals surface area contributed by atoms with E-state index in [-0.39, 0.29) is 17.2 Å². The van der Waals surface area contributed by atoms with E-state index in [9.17, 15) is 14.9 Å². The van der Waals surface area contributed by atoms with Crippen molar-refractivity contribution in [2.45, 2.75) is 0 Å². The van der Waals surface area contributed by atoms with Gasteiger partial charge < -0.3 is 0 Å². The van der Waals surface area contributed by atoms with Crippen molar-refractivity contribution in [1.29, 1.82) is 0 Å². The second kappa shape index (κ2) is 4.92. The molecule has 8 nitrogen and oxygen atoms in total. The van der Waals surface area contributed by atoms with Gasteiger partial charge in [-0.25, -0.2) is 5.10 Å². The molecule has 18 heavy (non-hydrogen) atoms. The molecule has 2 rings (SSSR count). The summed E-state index contributed by atoms with van der Waals surface area (Å²) in [6.07, 6.45) is 1.23. The standard InChI is InChI=1S/C9H6BrN5O3/c10-7-2-1-5(15(17)18)3-6(7)8(16)13-9-11-4-12-14-9/h1-4H,(H2,11,12,13,14,16). The summed E-state index contributed by atoms with van der Waals surface area (Å²) in [5.41, 5.74) is -0.0264. The summed E-state index contributed by atoms with van der Waals surface area (Å²) in [7, 11) is 0. The number of nitrogens with one attached hydrogen (secondary N) is 2. The Bertz CT molecular complexity index is 598. The molecule has 1 aromatic heterocycles. The molecule has 0 saturated carbocycles. The van der Waals surface area contributed by atoms with Gasteiger partial charge in [0.05, 0.1) is 10.5 Å². The number of anilines is 1. The number of halogens is 1. The number of carbonyl (C=O) groups is 1. The van der Waals surface area contributed by atoms with Crippen molar-refractivity contribution in [3.05, 3.63) is 44.7 Å². The van der Waals surface area contributed by atoms with Crippen molar-refractivity contribution in [3.8, 4) is 0 Å². The maximum Gasteiger partial charge on any atom is 0.270 e. The van der Waals surface area contributed by atoms with Gasteiger partial charge in [-0.1, -0.05) is 0 Å². The molecule has 0 spiro atoms. The van der Waals surface area contributed by atoms with Crippen LogP contribution in [0.3, 0.4) is 0 Å². The molecule has 1 heterocycles. The van der Waals surface area contributed by atoms with Crippen LogP contribution in [0.15, 0.2) is 29.0 Å². The van der Waals surface area contributed by atoms with E-state index in [4.69, 9.17) is 0 Å². The van der Waals surface area contributed by atoms with Gasteiger partial charge in [-0.3, -0.25) is 20.2 Å². The largest absolute Gasteiger partial charge is 0.291 e. The number of rotatable bonds is 3. The number of hydrogen-bond acceptors (Lipinski definition) is 5. The highest BCUT2D eigenvalue weighted by atomic mass is 79.9. The fourth-order valence-corrected chi connectivity index (χ4v) is 1.67. The molecule has 0 aliphatic heterocycles. The van der Waals surface area contributed by atoms with Crippen LogP contribution in [0.25, 0.3) is 0 Å². The predicted molar refractivity (Wildman–Crippen MR) is 65.1 cm³/mol. The molecule has 0 radical (unpaired) electrons. The Morgan fingerprint density at radius 1 is 1.50 bits per heavy atom. The lowest BCUT2D eigenvalue weighted by atomic mass is 10.2.